The number of rotatable bonds is 7. The Morgan fingerprint density at radius 2 is 2.05 bits per heavy atom. The molecule has 5 heteroatoms. The SMILES string of the molecule is CCNC(=NCC(C)(C)SC)NCC1CCN(C2CC2)C1. The Labute approximate surface area is 134 Å². The van der Waals surface area contributed by atoms with E-state index in [1.54, 1.807) is 0 Å². The van der Waals surface area contributed by atoms with Gasteiger partial charge in [-0.25, -0.2) is 0 Å². The van der Waals surface area contributed by atoms with E-state index < -0.39 is 0 Å². The molecule has 4 nitrogen and oxygen atoms in total. The summed E-state index contributed by atoms with van der Waals surface area (Å²) in [6, 6.07) is 0.916. The van der Waals surface area contributed by atoms with Crippen LogP contribution in [0.4, 0.5) is 0 Å². The molecule has 0 amide bonds. The van der Waals surface area contributed by atoms with Crippen molar-refractivity contribution < 1.29 is 0 Å². The average Bonchev–Trinajstić information content (AvgIpc) is 3.21. The smallest absolute Gasteiger partial charge is 0.191 e. The number of nitrogens with zero attached hydrogens (tertiary/aromatic N) is 2. The monoisotopic (exact) mass is 312 g/mol. The zero-order valence-corrected chi connectivity index (χ0v) is 14.9. The number of hydrogen-bond acceptors (Lipinski definition) is 3. The van der Waals surface area contributed by atoms with Crippen molar-refractivity contribution in [2.24, 2.45) is 10.9 Å². The predicted octanol–water partition coefficient (Wildman–Crippen LogP) is 2.17. The average molecular weight is 313 g/mol. The van der Waals surface area contributed by atoms with Gasteiger partial charge in [0.05, 0.1) is 6.54 Å². The minimum Gasteiger partial charge on any atom is -0.357 e. The van der Waals surface area contributed by atoms with Crippen molar-refractivity contribution in [2.45, 2.75) is 50.8 Å². The predicted molar refractivity (Wildman–Crippen MR) is 94.3 cm³/mol. The number of thioether (sulfide) groups is 1. The molecule has 1 saturated heterocycles. The molecule has 2 N–H and O–H groups in total. The van der Waals surface area contributed by atoms with Gasteiger partial charge in [0.25, 0.3) is 0 Å². The van der Waals surface area contributed by atoms with Gasteiger partial charge in [-0.15, -0.1) is 0 Å². The van der Waals surface area contributed by atoms with Gasteiger partial charge >= 0.3 is 0 Å². The molecular weight excluding hydrogens is 280 g/mol. The fourth-order valence-electron chi connectivity index (χ4n) is 2.72. The molecule has 0 aromatic carbocycles. The fourth-order valence-corrected chi connectivity index (χ4v) is 2.91. The minimum atomic E-state index is 0.207. The van der Waals surface area contributed by atoms with Gasteiger partial charge in [0.2, 0.25) is 0 Å². The normalized spacial score (nSPS) is 24.4. The van der Waals surface area contributed by atoms with Gasteiger partial charge in [-0.05, 0) is 58.8 Å². The van der Waals surface area contributed by atoms with E-state index in [9.17, 15) is 0 Å². The van der Waals surface area contributed by atoms with Crippen LogP contribution in [-0.4, -0.2) is 60.6 Å². The zero-order valence-electron chi connectivity index (χ0n) is 14.1. The molecule has 122 valence electrons. The Morgan fingerprint density at radius 3 is 2.67 bits per heavy atom. The first kappa shape index (κ1) is 16.9. The third-order valence-corrected chi connectivity index (χ3v) is 5.69. The first-order chi connectivity index (χ1) is 10.0. The van der Waals surface area contributed by atoms with E-state index in [0.717, 1.165) is 37.6 Å². The van der Waals surface area contributed by atoms with Crippen LogP contribution in [0.1, 0.15) is 40.0 Å². The van der Waals surface area contributed by atoms with Crippen LogP contribution >= 0.6 is 11.8 Å². The summed E-state index contributed by atoms with van der Waals surface area (Å²) in [6.07, 6.45) is 6.34. The lowest BCUT2D eigenvalue weighted by atomic mass is 10.1. The summed E-state index contributed by atoms with van der Waals surface area (Å²) in [5, 5.41) is 6.91. The molecule has 1 aliphatic heterocycles. The maximum atomic E-state index is 4.74. The Hall–Kier alpha value is -0.420. The molecule has 2 aliphatic rings. The molecule has 0 bridgehead atoms. The lowest BCUT2D eigenvalue weighted by Crippen LogP contribution is -2.41. The molecule has 21 heavy (non-hydrogen) atoms. The number of nitrogens with one attached hydrogen (secondary N) is 2. The molecule has 1 aliphatic carbocycles. The largest absolute Gasteiger partial charge is 0.357 e. The molecule has 1 heterocycles. The second-order valence-electron chi connectivity index (χ2n) is 6.92. The maximum Gasteiger partial charge on any atom is 0.191 e. The van der Waals surface area contributed by atoms with Gasteiger partial charge in [0.1, 0.15) is 0 Å². The van der Waals surface area contributed by atoms with Crippen LogP contribution in [0.25, 0.3) is 0 Å². The Bertz CT molecular complexity index is 352. The highest BCUT2D eigenvalue weighted by Gasteiger charge is 2.34. The van der Waals surface area contributed by atoms with Gasteiger partial charge in [0.15, 0.2) is 5.96 Å². The van der Waals surface area contributed by atoms with Crippen LogP contribution in [0.5, 0.6) is 0 Å². The van der Waals surface area contributed by atoms with E-state index >= 15 is 0 Å². The van der Waals surface area contributed by atoms with Gasteiger partial charge in [0, 0.05) is 30.4 Å². The fraction of sp³-hybridized carbons (Fsp3) is 0.938. The summed E-state index contributed by atoms with van der Waals surface area (Å²) in [6.45, 7) is 12.0. The highest BCUT2D eigenvalue weighted by atomic mass is 32.2. The summed E-state index contributed by atoms with van der Waals surface area (Å²) in [5.74, 6) is 1.76. The van der Waals surface area contributed by atoms with Crippen LogP contribution in [0, 0.1) is 5.92 Å². The van der Waals surface area contributed by atoms with Crippen LogP contribution in [0.15, 0.2) is 4.99 Å². The van der Waals surface area contributed by atoms with Crippen molar-refractivity contribution in [1.82, 2.24) is 15.5 Å². The van der Waals surface area contributed by atoms with Crippen molar-refractivity contribution in [3.8, 4) is 0 Å². The van der Waals surface area contributed by atoms with Crippen molar-refractivity contribution in [2.75, 3.05) is 39.0 Å². The summed E-state index contributed by atoms with van der Waals surface area (Å²) in [7, 11) is 0. The zero-order chi connectivity index (χ0) is 15.3. The maximum absolute atomic E-state index is 4.74. The van der Waals surface area contributed by atoms with Crippen LogP contribution in [0.3, 0.4) is 0 Å². The lowest BCUT2D eigenvalue weighted by molar-refractivity contribution is 0.314. The highest BCUT2D eigenvalue weighted by Crippen LogP contribution is 2.31. The van der Waals surface area contributed by atoms with Gasteiger partial charge < -0.3 is 15.5 Å². The molecule has 2 fully saturated rings. The van der Waals surface area contributed by atoms with E-state index in [4.69, 9.17) is 4.99 Å². The van der Waals surface area contributed by atoms with Crippen molar-refractivity contribution >= 4 is 17.7 Å². The number of aliphatic imine (C=N–C) groups is 1. The Morgan fingerprint density at radius 1 is 1.29 bits per heavy atom. The first-order valence-corrected chi connectivity index (χ1v) is 9.58. The van der Waals surface area contributed by atoms with Crippen LogP contribution in [0.2, 0.25) is 0 Å². The molecule has 0 spiro atoms. The molecule has 0 aromatic rings. The van der Waals surface area contributed by atoms with E-state index in [2.05, 4.69) is 42.6 Å². The molecule has 0 aromatic heterocycles. The molecule has 0 radical (unpaired) electrons. The summed E-state index contributed by atoms with van der Waals surface area (Å²) in [5.41, 5.74) is 0. The van der Waals surface area contributed by atoms with Crippen LogP contribution < -0.4 is 10.6 Å². The molecule has 1 unspecified atom stereocenters. The quantitative estimate of drug-likeness (QED) is 0.558. The first-order valence-electron chi connectivity index (χ1n) is 8.35. The summed E-state index contributed by atoms with van der Waals surface area (Å²) in [4.78, 5) is 7.42. The van der Waals surface area contributed by atoms with Gasteiger partial charge in [-0.2, -0.15) is 11.8 Å². The van der Waals surface area contributed by atoms with Crippen LogP contribution in [-0.2, 0) is 0 Å². The minimum absolute atomic E-state index is 0.207. The van der Waals surface area contributed by atoms with Gasteiger partial charge in [-0.1, -0.05) is 0 Å². The third-order valence-electron chi connectivity index (χ3n) is 4.45. The number of guanidine groups is 1. The molecule has 1 atom stereocenters. The number of likely N-dealkylation sites (tertiary alicyclic amines) is 1. The molecular formula is C16H32N4S. The third kappa shape index (κ3) is 5.70. The summed E-state index contributed by atoms with van der Waals surface area (Å²) < 4.78 is 0.207. The molecule has 2 rings (SSSR count). The topological polar surface area (TPSA) is 39.7 Å². The van der Waals surface area contributed by atoms with Gasteiger partial charge in [-0.3, -0.25) is 4.99 Å². The summed E-state index contributed by atoms with van der Waals surface area (Å²) >= 11 is 1.87. The van der Waals surface area contributed by atoms with E-state index in [1.165, 1.54) is 32.4 Å². The van der Waals surface area contributed by atoms with Crippen molar-refractivity contribution in [3.05, 3.63) is 0 Å². The van der Waals surface area contributed by atoms with E-state index in [-0.39, 0.29) is 4.75 Å². The van der Waals surface area contributed by atoms with E-state index in [1.807, 2.05) is 11.8 Å². The Kier molecular flexibility index (Phi) is 6.23. The standard InChI is InChI=1S/C16H32N4S/c1-5-17-15(19-12-16(2,3)21-4)18-10-13-8-9-20(11-13)14-6-7-14/h13-14H,5-12H2,1-4H3,(H2,17,18,19). The number of hydrogen-bond donors (Lipinski definition) is 2. The lowest BCUT2D eigenvalue weighted by Gasteiger charge is -2.21. The highest BCUT2D eigenvalue weighted by molar-refractivity contribution is 7.99. The van der Waals surface area contributed by atoms with Crippen molar-refractivity contribution in [1.29, 1.82) is 0 Å². The van der Waals surface area contributed by atoms with Crippen molar-refractivity contribution in [3.63, 3.8) is 0 Å². The second kappa shape index (κ2) is 7.73. The van der Waals surface area contributed by atoms with E-state index in [0.29, 0.717) is 0 Å². The Balaban J connectivity index is 1.75. The second-order valence-corrected chi connectivity index (χ2v) is 8.43. The molecule has 1 saturated carbocycles.